The molecule has 3 aliphatic rings. The van der Waals surface area contributed by atoms with Crippen LogP contribution in [0.1, 0.15) is 45.7 Å². The molecule has 3 aliphatic heterocycles. The molecule has 1 amide bonds. The zero-order chi connectivity index (χ0) is 20.8. The van der Waals surface area contributed by atoms with Gasteiger partial charge in [-0.3, -0.25) is 19.3 Å². The van der Waals surface area contributed by atoms with Crippen LogP contribution in [0.3, 0.4) is 0 Å². The first kappa shape index (κ1) is 19.1. The summed E-state index contributed by atoms with van der Waals surface area (Å²) in [6.45, 7) is 2.22. The van der Waals surface area contributed by atoms with Gasteiger partial charge in [0.2, 0.25) is 5.43 Å². The Labute approximate surface area is 174 Å². The number of hydrogen-bond acceptors (Lipinski definition) is 5. The van der Waals surface area contributed by atoms with E-state index in [2.05, 4.69) is 4.90 Å². The fourth-order valence-electron chi connectivity index (χ4n) is 5.14. The number of benzene rings is 1. The van der Waals surface area contributed by atoms with E-state index in [1.807, 2.05) is 35.2 Å². The summed E-state index contributed by atoms with van der Waals surface area (Å²) in [5.74, 6) is -0.424. The molecule has 0 N–H and O–H groups in total. The minimum atomic E-state index is -0.492. The number of aryl methyl sites for hydroxylation is 1. The van der Waals surface area contributed by atoms with Crippen molar-refractivity contribution in [1.29, 1.82) is 0 Å². The molecule has 0 bridgehead atoms. The third kappa shape index (κ3) is 2.96. The lowest BCUT2D eigenvalue weighted by Gasteiger charge is -2.36. The van der Waals surface area contributed by atoms with E-state index in [0.29, 0.717) is 25.6 Å². The number of methoxy groups -OCH3 is 1. The lowest BCUT2D eigenvalue weighted by molar-refractivity contribution is 0.0513. The van der Waals surface area contributed by atoms with E-state index < -0.39 is 5.43 Å². The van der Waals surface area contributed by atoms with Crippen molar-refractivity contribution in [2.75, 3.05) is 20.2 Å². The van der Waals surface area contributed by atoms with Gasteiger partial charge in [0.25, 0.3) is 5.91 Å². The molecule has 4 heterocycles. The summed E-state index contributed by atoms with van der Waals surface area (Å²) in [5.41, 5.74) is 0.921. The first-order chi connectivity index (χ1) is 14.6. The van der Waals surface area contributed by atoms with E-state index in [-0.39, 0.29) is 41.3 Å². The van der Waals surface area contributed by atoms with Crippen LogP contribution in [-0.2, 0) is 13.0 Å². The van der Waals surface area contributed by atoms with Crippen molar-refractivity contribution in [2.24, 2.45) is 0 Å². The lowest BCUT2D eigenvalue weighted by atomic mass is 10.0. The van der Waals surface area contributed by atoms with Gasteiger partial charge in [0.15, 0.2) is 17.2 Å². The van der Waals surface area contributed by atoms with Gasteiger partial charge in [0.05, 0.1) is 19.2 Å². The Morgan fingerprint density at radius 1 is 1.17 bits per heavy atom. The van der Waals surface area contributed by atoms with E-state index in [1.54, 1.807) is 10.8 Å². The first-order valence-electron chi connectivity index (χ1n) is 10.5. The second kappa shape index (κ2) is 7.40. The molecule has 2 atom stereocenters. The Bertz CT molecular complexity index is 1060. The number of rotatable bonds is 5. The van der Waals surface area contributed by atoms with Gasteiger partial charge in [0.1, 0.15) is 6.17 Å². The van der Waals surface area contributed by atoms with Crippen LogP contribution in [0, 0.1) is 0 Å². The average molecular weight is 407 g/mol. The molecule has 1 aromatic heterocycles. The number of pyridine rings is 1. The number of ketones is 1. The smallest absolute Gasteiger partial charge is 0.275 e. The standard InChI is InChI=1S/C23H25N3O4/c1-30-22-20-23(29)26-12-16-8-5-11-25(16)19(26)14-24(20)13-17(21(22)28)18(27)10-9-15-6-3-2-4-7-15/h2-4,6-7,13,16,19H,5,8-12,14H2,1H3/t16-,19-/m1/s1. The van der Waals surface area contributed by atoms with Crippen molar-refractivity contribution in [2.45, 2.75) is 44.4 Å². The number of hydrogen-bond donors (Lipinski definition) is 0. The zero-order valence-corrected chi connectivity index (χ0v) is 17.0. The summed E-state index contributed by atoms with van der Waals surface area (Å²) in [6, 6.07) is 10.1. The van der Waals surface area contributed by atoms with Crippen molar-refractivity contribution in [3.05, 3.63) is 63.6 Å². The average Bonchev–Trinajstić information content (AvgIpc) is 3.35. The predicted octanol–water partition coefficient (Wildman–Crippen LogP) is 1.93. The van der Waals surface area contributed by atoms with Crippen molar-refractivity contribution < 1.29 is 14.3 Å². The maximum Gasteiger partial charge on any atom is 0.275 e. The van der Waals surface area contributed by atoms with Crippen molar-refractivity contribution in [3.8, 4) is 5.75 Å². The second-order valence-electron chi connectivity index (χ2n) is 8.29. The quantitative estimate of drug-likeness (QED) is 0.709. The molecule has 2 fully saturated rings. The van der Waals surface area contributed by atoms with Crippen LogP contribution in [-0.4, -0.2) is 58.5 Å². The van der Waals surface area contributed by atoms with Gasteiger partial charge in [-0.05, 0) is 24.8 Å². The van der Waals surface area contributed by atoms with E-state index >= 15 is 0 Å². The Morgan fingerprint density at radius 3 is 2.73 bits per heavy atom. The highest BCUT2D eigenvalue weighted by atomic mass is 16.5. The predicted molar refractivity (Wildman–Crippen MR) is 111 cm³/mol. The SMILES string of the molecule is COc1c2n(cc(C(=O)CCc3ccccc3)c1=O)C[C@H]1N(C[C@H]3CCCN31)C2=O. The molecule has 0 unspecified atom stereocenters. The fourth-order valence-corrected chi connectivity index (χ4v) is 5.14. The normalized spacial score (nSPS) is 22.6. The highest BCUT2D eigenvalue weighted by molar-refractivity contribution is 6.00. The van der Waals surface area contributed by atoms with Crippen molar-refractivity contribution in [1.82, 2.24) is 14.4 Å². The van der Waals surface area contributed by atoms with Gasteiger partial charge in [-0.1, -0.05) is 30.3 Å². The summed E-state index contributed by atoms with van der Waals surface area (Å²) < 4.78 is 7.13. The monoisotopic (exact) mass is 407 g/mol. The largest absolute Gasteiger partial charge is 0.491 e. The number of carbonyl (C=O) groups excluding carboxylic acids is 2. The fraction of sp³-hybridized carbons (Fsp3) is 0.435. The lowest BCUT2D eigenvalue weighted by Crippen LogP contribution is -2.50. The van der Waals surface area contributed by atoms with Gasteiger partial charge in [-0.15, -0.1) is 0 Å². The number of fused-ring (bicyclic) bond motifs is 4. The van der Waals surface area contributed by atoms with Crippen LogP contribution in [0.15, 0.2) is 41.3 Å². The highest BCUT2D eigenvalue weighted by Gasteiger charge is 2.48. The Kier molecular flexibility index (Phi) is 4.70. The third-order valence-corrected chi connectivity index (χ3v) is 6.62. The summed E-state index contributed by atoms with van der Waals surface area (Å²) >= 11 is 0. The maximum absolute atomic E-state index is 13.2. The van der Waals surface area contributed by atoms with E-state index in [1.165, 1.54) is 7.11 Å². The molecule has 0 radical (unpaired) electrons. The van der Waals surface area contributed by atoms with Gasteiger partial charge < -0.3 is 14.2 Å². The zero-order valence-electron chi connectivity index (χ0n) is 17.0. The molecule has 0 spiro atoms. The maximum atomic E-state index is 13.2. The topological polar surface area (TPSA) is 71.8 Å². The molecule has 5 rings (SSSR count). The minimum absolute atomic E-state index is 0.0167. The number of amides is 1. The van der Waals surface area contributed by atoms with E-state index in [9.17, 15) is 14.4 Å². The van der Waals surface area contributed by atoms with Crippen LogP contribution in [0.2, 0.25) is 0 Å². The molecule has 0 saturated carbocycles. The van der Waals surface area contributed by atoms with Gasteiger partial charge in [-0.2, -0.15) is 0 Å². The molecule has 1 aromatic carbocycles. The summed E-state index contributed by atoms with van der Waals surface area (Å²) in [4.78, 5) is 43.4. The van der Waals surface area contributed by atoms with Crippen LogP contribution in [0.5, 0.6) is 5.75 Å². The Hall–Kier alpha value is -2.93. The molecule has 156 valence electrons. The number of nitrogens with zero attached hydrogens (tertiary/aromatic N) is 3. The number of Topliss-reactive ketones (excluding diaryl/α,β-unsaturated/α-hetero) is 1. The van der Waals surface area contributed by atoms with E-state index in [4.69, 9.17) is 4.74 Å². The Morgan fingerprint density at radius 2 is 1.97 bits per heavy atom. The molecule has 0 aliphatic carbocycles. The highest BCUT2D eigenvalue weighted by Crippen LogP contribution is 2.35. The number of carbonyl (C=O) groups is 2. The molecular formula is C23H25N3O4. The molecule has 2 aromatic rings. The van der Waals surface area contributed by atoms with Gasteiger partial charge in [-0.25, -0.2) is 0 Å². The summed E-state index contributed by atoms with van der Waals surface area (Å²) in [6.07, 6.45) is 4.60. The third-order valence-electron chi connectivity index (χ3n) is 6.62. The van der Waals surface area contributed by atoms with E-state index in [0.717, 1.165) is 24.9 Å². The summed E-state index contributed by atoms with van der Waals surface area (Å²) in [5, 5.41) is 0. The number of aromatic nitrogens is 1. The molecule has 7 heteroatoms. The first-order valence-corrected chi connectivity index (χ1v) is 10.5. The molecule has 2 saturated heterocycles. The summed E-state index contributed by atoms with van der Waals surface area (Å²) in [7, 11) is 1.39. The number of ether oxygens (including phenoxy) is 1. The minimum Gasteiger partial charge on any atom is -0.491 e. The second-order valence-corrected chi connectivity index (χ2v) is 8.29. The van der Waals surface area contributed by atoms with Crippen molar-refractivity contribution in [3.63, 3.8) is 0 Å². The molecular weight excluding hydrogens is 382 g/mol. The van der Waals surface area contributed by atoms with Crippen LogP contribution in [0.25, 0.3) is 0 Å². The van der Waals surface area contributed by atoms with Gasteiger partial charge in [0, 0.05) is 31.7 Å². The van der Waals surface area contributed by atoms with Crippen LogP contribution < -0.4 is 10.2 Å². The van der Waals surface area contributed by atoms with Crippen LogP contribution >= 0.6 is 0 Å². The molecule has 30 heavy (non-hydrogen) atoms. The Balaban J connectivity index is 1.48. The van der Waals surface area contributed by atoms with Crippen molar-refractivity contribution >= 4 is 11.7 Å². The van der Waals surface area contributed by atoms with Gasteiger partial charge >= 0.3 is 0 Å². The molecule has 7 nitrogen and oxygen atoms in total. The van der Waals surface area contributed by atoms with Crippen LogP contribution in [0.4, 0.5) is 0 Å².